The molecular formula is C23H34N4O6S. The third kappa shape index (κ3) is 5.93. The van der Waals surface area contributed by atoms with Crippen LogP contribution in [0.4, 0.5) is 5.69 Å². The second kappa shape index (κ2) is 10.8. The smallest absolute Gasteiger partial charge is 0.270 e. The zero-order valence-corrected chi connectivity index (χ0v) is 20.8. The van der Waals surface area contributed by atoms with Crippen molar-refractivity contribution >= 4 is 27.5 Å². The SMILES string of the molecule is Cc1ccc([N+](=O)[O-])cc1S(=O)(=O)N1CCN(C(=O)CCC(=O)NC2CCCC(C)C2C)CC1. The summed E-state index contributed by atoms with van der Waals surface area (Å²) in [5.74, 6) is 0.683. The van der Waals surface area contributed by atoms with Crippen molar-refractivity contribution in [2.24, 2.45) is 11.8 Å². The molecule has 1 N–H and O–H groups in total. The molecule has 11 heteroatoms. The van der Waals surface area contributed by atoms with E-state index in [1.165, 1.54) is 22.9 Å². The molecule has 0 bridgehead atoms. The van der Waals surface area contributed by atoms with Gasteiger partial charge in [-0.05, 0) is 30.7 Å². The topological polar surface area (TPSA) is 130 Å². The Labute approximate surface area is 200 Å². The normalized spacial score (nSPS) is 24.0. The molecular weight excluding hydrogens is 460 g/mol. The van der Waals surface area contributed by atoms with Crippen molar-refractivity contribution in [1.29, 1.82) is 0 Å². The molecule has 0 aromatic heterocycles. The summed E-state index contributed by atoms with van der Waals surface area (Å²) >= 11 is 0. The van der Waals surface area contributed by atoms with Gasteiger partial charge in [0.2, 0.25) is 21.8 Å². The van der Waals surface area contributed by atoms with E-state index in [4.69, 9.17) is 0 Å². The van der Waals surface area contributed by atoms with Crippen molar-refractivity contribution in [1.82, 2.24) is 14.5 Å². The number of amides is 2. The van der Waals surface area contributed by atoms with Crippen molar-refractivity contribution in [2.75, 3.05) is 26.2 Å². The number of nitro benzene ring substituents is 1. The Kier molecular flexibility index (Phi) is 8.29. The number of carbonyl (C=O) groups excluding carboxylic acids is 2. The first-order valence-electron chi connectivity index (χ1n) is 11.8. The number of nitro groups is 1. The predicted octanol–water partition coefficient (Wildman–Crippen LogP) is 2.46. The maximum atomic E-state index is 13.1. The molecule has 1 aliphatic carbocycles. The van der Waals surface area contributed by atoms with E-state index in [1.54, 1.807) is 11.8 Å². The Balaban J connectivity index is 1.51. The van der Waals surface area contributed by atoms with E-state index in [0.717, 1.165) is 18.9 Å². The van der Waals surface area contributed by atoms with Crippen LogP contribution in [0.2, 0.25) is 0 Å². The molecule has 2 aliphatic rings. The van der Waals surface area contributed by atoms with Gasteiger partial charge >= 0.3 is 0 Å². The number of hydrogen-bond acceptors (Lipinski definition) is 6. The number of hydrogen-bond donors (Lipinski definition) is 1. The first-order chi connectivity index (χ1) is 16.0. The van der Waals surface area contributed by atoms with E-state index in [-0.39, 0.29) is 67.5 Å². The van der Waals surface area contributed by atoms with Crippen LogP contribution in [0.15, 0.2) is 23.1 Å². The number of rotatable bonds is 7. The second-order valence-corrected chi connectivity index (χ2v) is 11.3. The van der Waals surface area contributed by atoms with Gasteiger partial charge in [0, 0.05) is 57.2 Å². The summed E-state index contributed by atoms with van der Waals surface area (Å²) < 4.78 is 27.4. The lowest BCUT2D eigenvalue weighted by atomic mass is 9.78. The van der Waals surface area contributed by atoms with E-state index in [2.05, 4.69) is 19.2 Å². The summed E-state index contributed by atoms with van der Waals surface area (Å²) in [7, 11) is -3.92. The minimum absolute atomic E-state index is 0.0826. The number of non-ortho nitro benzene ring substituents is 1. The Bertz CT molecular complexity index is 1040. The molecule has 1 aliphatic heterocycles. The summed E-state index contributed by atoms with van der Waals surface area (Å²) in [6.07, 6.45) is 3.43. The van der Waals surface area contributed by atoms with Gasteiger partial charge in [0.1, 0.15) is 0 Å². The number of benzene rings is 1. The van der Waals surface area contributed by atoms with Crippen LogP contribution in [-0.2, 0) is 19.6 Å². The molecule has 3 rings (SSSR count). The number of nitrogens with zero attached hydrogens (tertiary/aromatic N) is 3. The van der Waals surface area contributed by atoms with Crippen LogP contribution >= 0.6 is 0 Å². The fourth-order valence-electron chi connectivity index (χ4n) is 4.74. The van der Waals surface area contributed by atoms with Gasteiger partial charge in [-0.15, -0.1) is 0 Å². The van der Waals surface area contributed by atoms with Crippen molar-refractivity contribution < 1.29 is 22.9 Å². The summed E-state index contributed by atoms with van der Waals surface area (Å²) in [6, 6.07) is 3.92. The van der Waals surface area contributed by atoms with E-state index < -0.39 is 14.9 Å². The summed E-state index contributed by atoms with van der Waals surface area (Å²) in [5, 5.41) is 14.1. The number of carbonyl (C=O) groups is 2. The predicted molar refractivity (Wildman–Crippen MR) is 127 cm³/mol. The lowest BCUT2D eigenvalue weighted by Crippen LogP contribution is -2.50. The highest BCUT2D eigenvalue weighted by Crippen LogP contribution is 2.29. The Hall–Kier alpha value is -2.53. The summed E-state index contributed by atoms with van der Waals surface area (Å²) in [4.78, 5) is 36.9. The van der Waals surface area contributed by atoms with Crippen LogP contribution < -0.4 is 5.32 Å². The highest BCUT2D eigenvalue weighted by Gasteiger charge is 2.32. The molecule has 1 saturated carbocycles. The lowest BCUT2D eigenvalue weighted by Gasteiger charge is -2.35. The maximum absolute atomic E-state index is 13.1. The number of sulfonamides is 1. The quantitative estimate of drug-likeness (QED) is 0.458. The Morgan fingerprint density at radius 3 is 2.44 bits per heavy atom. The van der Waals surface area contributed by atoms with Crippen molar-refractivity contribution in [3.63, 3.8) is 0 Å². The van der Waals surface area contributed by atoms with Crippen molar-refractivity contribution in [2.45, 2.75) is 63.8 Å². The average Bonchev–Trinajstić information content (AvgIpc) is 2.80. The summed E-state index contributed by atoms with van der Waals surface area (Å²) in [5.41, 5.74) is 0.144. The molecule has 2 fully saturated rings. The highest BCUT2D eigenvalue weighted by atomic mass is 32.2. The molecule has 188 valence electrons. The first-order valence-corrected chi connectivity index (χ1v) is 13.3. The Morgan fingerprint density at radius 2 is 1.79 bits per heavy atom. The van der Waals surface area contributed by atoms with Crippen molar-refractivity contribution in [3.8, 4) is 0 Å². The number of aryl methyl sites for hydroxylation is 1. The molecule has 1 saturated heterocycles. The lowest BCUT2D eigenvalue weighted by molar-refractivity contribution is -0.385. The molecule has 1 aromatic rings. The van der Waals surface area contributed by atoms with Gasteiger partial charge in [0.05, 0.1) is 9.82 Å². The zero-order chi connectivity index (χ0) is 25.0. The molecule has 3 unspecified atom stereocenters. The van der Waals surface area contributed by atoms with Crippen molar-refractivity contribution in [3.05, 3.63) is 33.9 Å². The molecule has 10 nitrogen and oxygen atoms in total. The van der Waals surface area contributed by atoms with E-state index >= 15 is 0 Å². The van der Waals surface area contributed by atoms with Crippen LogP contribution in [0, 0.1) is 28.9 Å². The van der Waals surface area contributed by atoms with Gasteiger partial charge in [0.15, 0.2) is 0 Å². The monoisotopic (exact) mass is 494 g/mol. The maximum Gasteiger partial charge on any atom is 0.270 e. The second-order valence-electron chi connectivity index (χ2n) is 9.43. The molecule has 0 spiro atoms. The van der Waals surface area contributed by atoms with Gasteiger partial charge < -0.3 is 10.2 Å². The minimum Gasteiger partial charge on any atom is -0.353 e. The zero-order valence-electron chi connectivity index (χ0n) is 20.0. The van der Waals surface area contributed by atoms with Crippen LogP contribution in [0.1, 0.15) is 51.5 Å². The van der Waals surface area contributed by atoms with Gasteiger partial charge in [-0.2, -0.15) is 4.31 Å². The van der Waals surface area contributed by atoms with E-state index in [1.807, 2.05) is 0 Å². The third-order valence-electron chi connectivity index (χ3n) is 7.21. The standard InChI is InChI=1S/C23H34N4O6S/c1-16-5-4-6-20(18(16)3)24-22(28)9-10-23(29)25-11-13-26(14-12-25)34(32,33)21-15-19(27(30)31)8-7-17(21)2/h7-8,15-16,18,20H,4-6,9-14H2,1-3H3,(H,24,28). The fraction of sp³-hybridized carbons (Fsp3) is 0.652. The molecule has 3 atom stereocenters. The average molecular weight is 495 g/mol. The molecule has 0 radical (unpaired) electrons. The van der Waals surface area contributed by atoms with E-state index in [9.17, 15) is 28.1 Å². The Morgan fingerprint density at radius 1 is 1.12 bits per heavy atom. The highest BCUT2D eigenvalue weighted by molar-refractivity contribution is 7.89. The van der Waals surface area contributed by atoms with Gasteiger partial charge in [-0.25, -0.2) is 8.42 Å². The van der Waals surface area contributed by atoms with Crippen LogP contribution in [0.25, 0.3) is 0 Å². The molecule has 2 amide bonds. The minimum atomic E-state index is -3.92. The fourth-order valence-corrected chi connectivity index (χ4v) is 6.41. The summed E-state index contributed by atoms with van der Waals surface area (Å²) in [6.45, 7) is 6.57. The van der Waals surface area contributed by atoms with Gasteiger partial charge in [-0.1, -0.05) is 32.8 Å². The van der Waals surface area contributed by atoms with Crippen LogP contribution in [-0.4, -0.2) is 66.6 Å². The molecule has 1 aromatic carbocycles. The number of nitrogens with one attached hydrogen (secondary N) is 1. The van der Waals surface area contributed by atoms with Gasteiger partial charge in [0.25, 0.3) is 5.69 Å². The number of piperazine rings is 1. The third-order valence-corrected chi connectivity index (χ3v) is 9.25. The largest absolute Gasteiger partial charge is 0.353 e. The van der Waals surface area contributed by atoms with Crippen LogP contribution in [0.5, 0.6) is 0 Å². The molecule has 34 heavy (non-hydrogen) atoms. The van der Waals surface area contributed by atoms with E-state index in [0.29, 0.717) is 17.4 Å². The molecule has 1 heterocycles. The van der Waals surface area contributed by atoms with Gasteiger partial charge in [-0.3, -0.25) is 19.7 Å². The first kappa shape index (κ1) is 26.1. The van der Waals surface area contributed by atoms with Crippen LogP contribution in [0.3, 0.4) is 0 Å².